The molecular weight excluding hydrogens is 340 g/mol. The van der Waals surface area contributed by atoms with Gasteiger partial charge in [-0.1, -0.05) is 42.5 Å². The molecule has 7 heteroatoms. The molecule has 2 aromatic heterocycles. The molecule has 27 heavy (non-hydrogen) atoms. The summed E-state index contributed by atoms with van der Waals surface area (Å²) in [6.07, 6.45) is 3.41. The van der Waals surface area contributed by atoms with Crippen LogP contribution in [0.4, 0.5) is 11.8 Å². The number of nitrogens with zero attached hydrogens (tertiary/aromatic N) is 4. The van der Waals surface area contributed by atoms with Gasteiger partial charge in [-0.3, -0.25) is 4.79 Å². The maximum Gasteiger partial charge on any atom is 0.245 e. The summed E-state index contributed by atoms with van der Waals surface area (Å²) in [5.74, 6) is 1.04. The predicted molar refractivity (Wildman–Crippen MR) is 105 cm³/mol. The molecule has 0 unspecified atom stereocenters. The molecule has 4 rings (SSSR count). The summed E-state index contributed by atoms with van der Waals surface area (Å²) in [6.45, 7) is 0.778. The number of hydrogen-bond donors (Lipinski definition) is 2. The zero-order valence-corrected chi connectivity index (χ0v) is 15.0. The van der Waals surface area contributed by atoms with Crippen molar-refractivity contribution in [2.75, 3.05) is 10.6 Å². The molecule has 0 saturated carbocycles. The van der Waals surface area contributed by atoms with Crippen LogP contribution in [-0.4, -0.2) is 25.0 Å². The highest BCUT2D eigenvalue weighted by Gasteiger charge is 2.14. The Morgan fingerprint density at radius 2 is 1.85 bits per heavy atom. The van der Waals surface area contributed by atoms with Gasteiger partial charge in [0.05, 0.1) is 17.4 Å². The second kappa shape index (κ2) is 7.33. The monoisotopic (exact) mass is 360 g/mol. The number of imidazole rings is 2. The van der Waals surface area contributed by atoms with E-state index in [1.165, 1.54) is 0 Å². The Morgan fingerprint density at radius 1 is 1.07 bits per heavy atom. The van der Waals surface area contributed by atoms with Crippen molar-refractivity contribution in [3.05, 3.63) is 72.7 Å². The molecule has 7 nitrogen and oxygen atoms in total. The number of rotatable bonds is 6. The second-order valence-corrected chi connectivity index (χ2v) is 6.32. The van der Waals surface area contributed by atoms with Crippen LogP contribution in [0.5, 0.6) is 0 Å². The highest BCUT2D eigenvalue weighted by Crippen LogP contribution is 2.20. The second-order valence-electron chi connectivity index (χ2n) is 6.32. The van der Waals surface area contributed by atoms with Gasteiger partial charge in [0.1, 0.15) is 6.54 Å². The summed E-state index contributed by atoms with van der Waals surface area (Å²) in [5.41, 5.74) is 2.90. The van der Waals surface area contributed by atoms with Crippen LogP contribution in [0.3, 0.4) is 0 Å². The number of para-hydroxylation sites is 2. The summed E-state index contributed by atoms with van der Waals surface area (Å²) in [4.78, 5) is 21.3. The number of carbonyl (C=O) groups excluding carboxylic acids is 1. The zero-order chi connectivity index (χ0) is 18.6. The molecule has 0 radical (unpaired) electrons. The average molecular weight is 360 g/mol. The number of aryl methyl sites for hydroxylation is 1. The number of carbonyl (C=O) groups is 1. The van der Waals surface area contributed by atoms with E-state index in [0.29, 0.717) is 18.3 Å². The minimum absolute atomic E-state index is 0.147. The van der Waals surface area contributed by atoms with Crippen LogP contribution in [-0.2, 0) is 24.9 Å². The Morgan fingerprint density at radius 3 is 2.63 bits per heavy atom. The lowest BCUT2D eigenvalue weighted by molar-refractivity contribution is -0.116. The molecule has 0 saturated heterocycles. The van der Waals surface area contributed by atoms with Gasteiger partial charge in [-0.25, -0.2) is 9.97 Å². The number of amides is 1. The van der Waals surface area contributed by atoms with E-state index in [1.54, 1.807) is 17.1 Å². The predicted octanol–water partition coefficient (Wildman–Crippen LogP) is 3.02. The lowest BCUT2D eigenvalue weighted by Crippen LogP contribution is -2.20. The number of anilines is 2. The summed E-state index contributed by atoms with van der Waals surface area (Å²) in [5, 5.41) is 6.16. The van der Waals surface area contributed by atoms with Crippen molar-refractivity contribution in [3.63, 3.8) is 0 Å². The van der Waals surface area contributed by atoms with Crippen LogP contribution in [0.1, 0.15) is 5.56 Å². The van der Waals surface area contributed by atoms with Crippen molar-refractivity contribution in [2.45, 2.75) is 13.1 Å². The molecule has 1 amide bonds. The minimum Gasteiger partial charge on any atom is -0.352 e. The average Bonchev–Trinajstić information content (AvgIpc) is 3.24. The summed E-state index contributed by atoms with van der Waals surface area (Å²) in [7, 11) is 1.86. The van der Waals surface area contributed by atoms with Crippen LogP contribution in [0.2, 0.25) is 0 Å². The van der Waals surface area contributed by atoms with Crippen molar-refractivity contribution in [1.82, 2.24) is 19.1 Å². The van der Waals surface area contributed by atoms with Crippen LogP contribution in [0.25, 0.3) is 11.0 Å². The molecular formula is C20H20N6O. The van der Waals surface area contributed by atoms with Gasteiger partial charge in [0.2, 0.25) is 11.9 Å². The largest absolute Gasteiger partial charge is 0.352 e. The highest BCUT2D eigenvalue weighted by atomic mass is 16.2. The Kier molecular flexibility index (Phi) is 4.57. The zero-order valence-electron chi connectivity index (χ0n) is 15.0. The maximum absolute atomic E-state index is 12.5. The molecule has 2 aromatic carbocycles. The first-order valence-corrected chi connectivity index (χ1v) is 8.70. The smallest absolute Gasteiger partial charge is 0.245 e. The number of fused-ring (bicyclic) bond motifs is 1. The Bertz CT molecular complexity index is 1070. The molecule has 0 aliphatic heterocycles. The van der Waals surface area contributed by atoms with E-state index in [0.717, 1.165) is 16.6 Å². The van der Waals surface area contributed by atoms with E-state index >= 15 is 0 Å². The fourth-order valence-corrected chi connectivity index (χ4v) is 2.95. The highest BCUT2D eigenvalue weighted by molar-refractivity contribution is 5.91. The van der Waals surface area contributed by atoms with Gasteiger partial charge >= 0.3 is 0 Å². The summed E-state index contributed by atoms with van der Waals surface area (Å²) < 4.78 is 3.67. The van der Waals surface area contributed by atoms with Gasteiger partial charge in [0.15, 0.2) is 5.82 Å². The van der Waals surface area contributed by atoms with Gasteiger partial charge in [-0.2, -0.15) is 0 Å². The SMILES string of the molecule is Cn1cnc(NC(=O)Cn2c(NCc3ccccc3)nc3ccccc32)c1. The van der Waals surface area contributed by atoms with Crippen molar-refractivity contribution >= 4 is 28.7 Å². The molecule has 0 atom stereocenters. The van der Waals surface area contributed by atoms with Crippen molar-refractivity contribution in [1.29, 1.82) is 0 Å². The lowest BCUT2D eigenvalue weighted by Gasteiger charge is -2.11. The van der Waals surface area contributed by atoms with Gasteiger partial charge in [0, 0.05) is 19.8 Å². The molecule has 136 valence electrons. The third-order valence-corrected chi connectivity index (χ3v) is 4.22. The normalized spacial score (nSPS) is 10.9. The van der Waals surface area contributed by atoms with Gasteiger partial charge < -0.3 is 19.8 Å². The van der Waals surface area contributed by atoms with E-state index < -0.39 is 0 Å². The standard InChI is InChI=1S/C20H20N6O/c1-25-12-18(22-14-25)24-19(27)13-26-17-10-6-5-9-16(17)23-20(26)21-11-15-7-3-2-4-8-15/h2-10,12,14H,11,13H2,1H3,(H,21,23)(H,24,27). The van der Waals surface area contributed by atoms with E-state index in [9.17, 15) is 4.79 Å². The summed E-state index contributed by atoms with van der Waals surface area (Å²) in [6, 6.07) is 17.9. The first kappa shape index (κ1) is 16.8. The van der Waals surface area contributed by atoms with E-state index in [1.807, 2.05) is 66.2 Å². The molecule has 2 heterocycles. The molecule has 0 aliphatic carbocycles. The van der Waals surface area contributed by atoms with Gasteiger partial charge in [-0.15, -0.1) is 0 Å². The minimum atomic E-state index is -0.153. The third-order valence-electron chi connectivity index (χ3n) is 4.22. The van der Waals surface area contributed by atoms with Crippen LogP contribution in [0, 0.1) is 0 Å². The van der Waals surface area contributed by atoms with Crippen LogP contribution < -0.4 is 10.6 Å². The number of hydrogen-bond acceptors (Lipinski definition) is 4. The fraction of sp³-hybridized carbons (Fsp3) is 0.150. The topological polar surface area (TPSA) is 76.8 Å². The molecule has 0 fully saturated rings. The number of benzene rings is 2. The molecule has 0 bridgehead atoms. The Hall–Kier alpha value is -3.61. The first-order valence-electron chi connectivity index (χ1n) is 8.70. The maximum atomic E-state index is 12.5. The van der Waals surface area contributed by atoms with Crippen molar-refractivity contribution < 1.29 is 4.79 Å². The summed E-state index contributed by atoms with van der Waals surface area (Å²) >= 11 is 0. The molecule has 4 aromatic rings. The quantitative estimate of drug-likeness (QED) is 0.554. The van der Waals surface area contributed by atoms with E-state index in [2.05, 4.69) is 20.6 Å². The molecule has 0 aliphatic rings. The van der Waals surface area contributed by atoms with Crippen LogP contribution >= 0.6 is 0 Å². The van der Waals surface area contributed by atoms with Gasteiger partial charge in [-0.05, 0) is 17.7 Å². The van der Waals surface area contributed by atoms with Gasteiger partial charge in [0.25, 0.3) is 0 Å². The van der Waals surface area contributed by atoms with E-state index in [4.69, 9.17) is 0 Å². The Balaban J connectivity index is 1.56. The lowest BCUT2D eigenvalue weighted by atomic mass is 10.2. The molecule has 2 N–H and O–H groups in total. The fourth-order valence-electron chi connectivity index (χ4n) is 2.95. The Labute approximate surface area is 156 Å². The van der Waals surface area contributed by atoms with Crippen LogP contribution in [0.15, 0.2) is 67.1 Å². The first-order chi connectivity index (χ1) is 13.2. The number of nitrogens with one attached hydrogen (secondary N) is 2. The number of aromatic nitrogens is 4. The van der Waals surface area contributed by atoms with Crippen molar-refractivity contribution in [2.24, 2.45) is 7.05 Å². The molecule has 0 spiro atoms. The van der Waals surface area contributed by atoms with E-state index in [-0.39, 0.29) is 12.5 Å². The third kappa shape index (κ3) is 3.82. The van der Waals surface area contributed by atoms with Crippen molar-refractivity contribution in [3.8, 4) is 0 Å².